The molecule has 3 N–H and O–H groups in total. The Morgan fingerprint density at radius 3 is 2.71 bits per heavy atom. The van der Waals surface area contributed by atoms with E-state index in [9.17, 15) is 9.59 Å². The number of hydrogen-bond donors (Lipinski definition) is 3. The highest BCUT2D eigenvalue weighted by molar-refractivity contribution is 7.98. The Labute approximate surface area is 143 Å². The first-order valence-corrected chi connectivity index (χ1v) is 8.17. The molecule has 122 valence electrons. The highest BCUT2D eigenvalue weighted by Gasteiger charge is 2.18. The number of carbonyl (C=O) groups is 2. The van der Waals surface area contributed by atoms with Crippen LogP contribution >= 0.6 is 11.9 Å². The molecule has 0 spiro atoms. The molecule has 2 aromatic rings. The van der Waals surface area contributed by atoms with Gasteiger partial charge in [-0.1, -0.05) is 30.3 Å². The Morgan fingerprint density at radius 2 is 1.88 bits per heavy atom. The summed E-state index contributed by atoms with van der Waals surface area (Å²) in [5.41, 5.74) is 1.69. The first kappa shape index (κ1) is 16.1. The third kappa shape index (κ3) is 3.57. The largest absolute Gasteiger partial charge is 0.478 e. The minimum absolute atomic E-state index is 0.241. The van der Waals surface area contributed by atoms with Crippen LogP contribution in [0.4, 0.5) is 5.69 Å². The zero-order valence-electron chi connectivity index (χ0n) is 12.7. The molecule has 1 amide bonds. The molecule has 1 aliphatic heterocycles. The topological polar surface area (TPSA) is 90.8 Å². The fourth-order valence-electron chi connectivity index (χ4n) is 2.32. The van der Waals surface area contributed by atoms with E-state index in [1.165, 1.54) is 11.9 Å². The number of benzene rings is 2. The highest BCUT2D eigenvalue weighted by Crippen LogP contribution is 2.30. The third-order valence-corrected chi connectivity index (χ3v) is 4.36. The second kappa shape index (κ2) is 7.18. The van der Waals surface area contributed by atoms with Crippen molar-refractivity contribution in [2.75, 3.05) is 6.54 Å². The predicted octanol–water partition coefficient (Wildman–Crippen LogP) is 2.38. The normalized spacial score (nSPS) is 12.6. The average molecular weight is 341 g/mol. The van der Waals surface area contributed by atoms with Gasteiger partial charge in [0, 0.05) is 6.54 Å². The first-order valence-electron chi connectivity index (χ1n) is 7.35. The van der Waals surface area contributed by atoms with Crippen LogP contribution in [0.3, 0.4) is 0 Å². The zero-order chi connectivity index (χ0) is 16.9. The number of aromatic carboxylic acids is 1. The molecular weight excluding hydrogens is 326 g/mol. The molecule has 24 heavy (non-hydrogen) atoms. The molecule has 0 aliphatic carbocycles. The van der Waals surface area contributed by atoms with E-state index in [0.29, 0.717) is 18.5 Å². The summed E-state index contributed by atoms with van der Waals surface area (Å²) in [5.74, 6) is -1.04. The number of carboxylic acids is 1. The summed E-state index contributed by atoms with van der Waals surface area (Å²) < 4.78 is 2.91. The van der Waals surface area contributed by atoms with E-state index in [1.54, 1.807) is 24.3 Å². The Hall–Kier alpha value is -2.80. The Balaban J connectivity index is 1.61. The van der Waals surface area contributed by atoms with Crippen LogP contribution in [-0.4, -0.2) is 29.4 Å². The minimum atomic E-state index is -0.969. The molecule has 0 radical (unpaired) electrons. The summed E-state index contributed by atoms with van der Waals surface area (Å²) in [6.45, 7) is 0.330. The minimum Gasteiger partial charge on any atom is -0.478 e. The zero-order valence-corrected chi connectivity index (χ0v) is 13.5. The number of para-hydroxylation sites is 1. The van der Waals surface area contributed by atoms with Gasteiger partial charge >= 0.3 is 5.97 Å². The molecule has 1 heterocycles. The van der Waals surface area contributed by atoms with Crippen LogP contribution in [-0.2, 0) is 11.2 Å². The van der Waals surface area contributed by atoms with E-state index in [2.05, 4.69) is 15.0 Å². The Kier molecular flexibility index (Phi) is 4.81. The van der Waals surface area contributed by atoms with Crippen LogP contribution in [0.1, 0.15) is 15.9 Å². The van der Waals surface area contributed by atoms with E-state index < -0.39 is 5.97 Å². The SMILES string of the molecule is O=C(NCCc1ccccc1C(=O)O)C1=Nc2ccccc2SN1. The van der Waals surface area contributed by atoms with Crippen molar-refractivity contribution in [2.24, 2.45) is 4.99 Å². The number of fused-ring (bicyclic) bond motifs is 1. The van der Waals surface area contributed by atoms with Crippen molar-refractivity contribution < 1.29 is 14.7 Å². The molecule has 0 atom stereocenters. The van der Waals surface area contributed by atoms with Gasteiger partial charge < -0.3 is 15.1 Å². The number of rotatable bonds is 5. The highest BCUT2D eigenvalue weighted by atomic mass is 32.2. The third-order valence-electron chi connectivity index (χ3n) is 3.50. The summed E-state index contributed by atoms with van der Waals surface area (Å²) in [4.78, 5) is 28.6. The van der Waals surface area contributed by atoms with Gasteiger partial charge in [-0.2, -0.15) is 0 Å². The van der Waals surface area contributed by atoms with Crippen molar-refractivity contribution in [3.05, 3.63) is 59.7 Å². The number of nitrogens with one attached hydrogen (secondary N) is 2. The lowest BCUT2D eigenvalue weighted by Gasteiger charge is -2.16. The molecule has 1 aliphatic rings. The number of carboxylic acid groups (broad SMARTS) is 1. The van der Waals surface area contributed by atoms with Crippen molar-refractivity contribution in [3.63, 3.8) is 0 Å². The van der Waals surface area contributed by atoms with E-state index in [1.807, 2.05) is 24.3 Å². The van der Waals surface area contributed by atoms with Gasteiger partial charge in [0.15, 0.2) is 0 Å². The maximum atomic E-state index is 12.2. The molecule has 0 saturated carbocycles. The van der Waals surface area contributed by atoms with E-state index in [4.69, 9.17) is 5.11 Å². The van der Waals surface area contributed by atoms with Gasteiger partial charge in [0.2, 0.25) is 5.84 Å². The maximum Gasteiger partial charge on any atom is 0.335 e. The van der Waals surface area contributed by atoms with Gasteiger partial charge in [0.1, 0.15) is 0 Å². The first-order chi connectivity index (χ1) is 11.6. The van der Waals surface area contributed by atoms with Crippen molar-refractivity contribution in [1.29, 1.82) is 0 Å². The smallest absolute Gasteiger partial charge is 0.335 e. The molecule has 0 unspecified atom stereocenters. The van der Waals surface area contributed by atoms with Crippen molar-refractivity contribution >= 4 is 35.3 Å². The van der Waals surface area contributed by atoms with Gasteiger partial charge in [-0.15, -0.1) is 0 Å². The lowest BCUT2D eigenvalue weighted by Crippen LogP contribution is -2.39. The van der Waals surface area contributed by atoms with Crippen molar-refractivity contribution in [1.82, 2.24) is 10.0 Å². The maximum absolute atomic E-state index is 12.2. The number of aliphatic imine (C=N–C) groups is 1. The molecule has 7 heteroatoms. The van der Waals surface area contributed by atoms with Crippen LogP contribution in [0.2, 0.25) is 0 Å². The molecule has 0 bridgehead atoms. The summed E-state index contributed by atoms with van der Waals surface area (Å²) in [6.07, 6.45) is 0.436. The summed E-state index contributed by atoms with van der Waals surface area (Å²) in [7, 11) is 0. The fraction of sp³-hybridized carbons (Fsp3) is 0.118. The molecule has 0 fully saturated rings. The monoisotopic (exact) mass is 341 g/mol. The van der Waals surface area contributed by atoms with Gasteiger partial charge in [0.05, 0.1) is 16.1 Å². The Morgan fingerprint density at radius 1 is 1.12 bits per heavy atom. The van der Waals surface area contributed by atoms with Gasteiger partial charge in [0.25, 0.3) is 5.91 Å². The molecule has 0 aromatic heterocycles. The molecule has 3 rings (SSSR count). The molecule has 2 aromatic carbocycles. The van der Waals surface area contributed by atoms with E-state index in [0.717, 1.165) is 10.6 Å². The number of carbonyl (C=O) groups excluding carboxylic acids is 1. The van der Waals surface area contributed by atoms with Crippen molar-refractivity contribution in [3.8, 4) is 0 Å². The Bertz CT molecular complexity index is 820. The van der Waals surface area contributed by atoms with E-state index >= 15 is 0 Å². The number of amides is 1. The van der Waals surface area contributed by atoms with Crippen LogP contribution in [0.15, 0.2) is 58.4 Å². The van der Waals surface area contributed by atoms with E-state index in [-0.39, 0.29) is 17.3 Å². The average Bonchev–Trinajstić information content (AvgIpc) is 2.61. The number of nitrogens with zero attached hydrogens (tertiary/aromatic N) is 1. The standard InChI is InChI=1S/C17H15N3O3S/c21-16(15-19-13-7-3-4-8-14(13)24-20-15)18-10-9-11-5-1-2-6-12(11)17(22)23/h1-8H,9-10H2,(H,18,21)(H,19,20)(H,22,23). The predicted molar refractivity (Wildman–Crippen MR) is 92.6 cm³/mol. The van der Waals surface area contributed by atoms with Crippen LogP contribution < -0.4 is 10.0 Å². The van der Waals surface area contributed by atoms with Crippen LogP contribution in [0.5, 0.6) is 0 Å². The summed E-state index contributed by atoms with van der Waals surface area (Å²) in [5, 5.41) is 11.9. The van der Waals surface area contributed by atoms with Crippen LogP contribution in [0, 0.1) is 0 Å². The lowest BCUT2D eigenvalue weighted by molar-refractivity contribution is -0.114. The van der Waals surface area contributed by atoms with Gasteiger partial charge in [-0.05, 0) is 42.1 Å². The quantitative estimate of drug-likeness (QED) is 0.727. The molecule has 6 nitrogen and oxygen atoms in total. The summed E-state index contributed by atoms with van der Waals surface area (Å²) in [6, 6.07) is 14.3. The second-order valence-corrected chi connectivity index (χ2v) is 5.95. The number of hydrogen-bond acceptors (Lipinski definition) is 5. The summed E-state index contributed by atoms with van der Waals surface area (Å²) >= 11 is 1.34. The van der Waals surface area contributed by atoms with Crippen LogP contribution in [0.25, 0.3) is 0 Å². The second-order valence-electron chi connectivity index (χ2n) is 5.10. The van der Waals surface area contributed by atoms with Gasteiger partial charge in [-0.3, -0.25) is 4.79 Å². The molecule has 0 saturated heterocycles. The fourth-order valence-corrected chi connectivity index (χ4v) is 3.03. The van der Waals surface area contributed by atoms with Gasteiger partial charge in [-0.25, -0.2) is 9.79 Å². The lowest BCUT2D eigenvalue weighted by atomic mass is 10.0. The molecular formula is C17H15N3O3S. The van der Waals surface area contributed by atoms with Crippen molar-refractivity contribution in [2.45, 2.75) is 11.3 Å². The number of amidine groups is 1.